The molecule has 0 bridgehead atoms. The van der Waals surface area contributed by atoms with E-state index in [-0.39, 0.29) is 12.7 Å². The van der Waals surface area contributed by atoms with Crippen LogP contribution in [0.3, 0.4) is 0 Å². The summed E-state index contributed by atoms with van der Waals surface area (Å²) in [5.74, 6) is 0.595. The van der Waals surface area contributed by atoms with Gasteiger partial charge in [0.25, 0.3) is 0 Å². The smallest absolute Gasteiger partial charge is 0.109 e. The van der Waals surface area contributed by atoms with Gasteiger partial charge >= 0.3 is 0 Å². The molecule has 2 nitrogen and oxygen atoms in total. The molecule has 1 radical (unpaired) electrons. The van der Waals surface area contributed by atoms with Crippen molar-refractivity contribution in [3.63, 3.8) is 0 Å². The summed E-state index contributed by atoms with van der Waals surface area (Å²) in [6, 6.07) is 0. The minimum absolute atomic E-state index is 0.00926. The van der Waals surface area contributed by atoms with Crippen molar-refractivity contribution in [1.82, 2.24) is 0 Å². The molecule has 0 aromatic carbocycles. The van der Waals surface area contributed by atoms with Crippen LogP contribution in [0.15, 0.2) is 0 Å². The first kappa shape index (κ1) is 6.05. The standard InChI is InChI=1S/C6H11O2/c1-8-6(4-7)5-2-3-5/h5-6H,2-4H2,1H3. The minimum atomic E-state index is -0.0683. The predicted molar refractivity (Wildman–Crippen MR) is 29.1 cm³/mol. The van der Waals surface area contributed by atoms with E-state index in [1.54, 1.807) is 7.11 Å². The molecule has 1 aliphatic rings. The summed E-state index contributed by atoms with van der Waals surface area (Å²) >= 11 is 0. The van der Waals surface area contributed by atoms with Crippen molar-refractivity contribution >= 4 is 0 Å². The Labute approximate surface area is 49.5 Å². The quantitative estimate of drug-likeness (QED) is 0.536. The van der Waals surface area contributed by atoms with Crippen LogP contribution in [-0.4, -0.2) is 19.8 Å². The molecule has 8 heavy (non-hydrogen) atoms. The van der Waals surface area contributed by atoms with E-state index < -0.39 is 0 Å². The van der Waals surface area contributed by atoms with E-state index >= 15 is 0 Å². The number of rotatable bonds is 3. The number of ether oxygens (including phenoxy) is 1. The van der Waals surface area contributed by atoms with Crippen LogP contribution in [0, 0.1) is 5.92 Å². The summed E-state index contributed by atoms with van der Waals surface area (Å²) in [6.45, 7) is -0.0683. The maximum atomic E-state index is 10.2. The van der Waals surface area contributed by atoms with Gasteiger partial charge in [-0.2, -0.15) is 0 Å². The molecule has 0 heterocycles. The van der Waals surface area contributed by atoms with Crippen molar-refractivity contribution in [2.24, 2.45) is 5.92 Å². The van der Waals surface area contributed by atoms with Gasteiger partial charge in [0.05, 0.1) is 6.10 Å². The second kappa shape index (κ2) is 2.46. The van der Waals surface area contributed by atoms with Crippen molar-refractivity contribution < 1.29 is 9.84 Å². The molecule has 0 saturated heterocycles. The first-order valence-corrected chi connectivity index (χ1v) is 2.99. The Morgan fingerprint density at radius 1 is 1.75 bits per heavy atom. The highest BCUT2D eigenvalue weighted by molar-refractivity contribution is 4.80. The Kier molecular flexibility index (Phi) is 1.86. The monoisotopic (exact) mass is 115 g/mol. The lowest BCUT2D eigenvalue weighted by atomic mass is 10.2. The molecule has 0 N–H and O–H groups in total. The van der Waals surface area contributed by atoms with E-state index in [1.807, 2.05) is 0 Å². The topological polar surface area (TPSA) is 29.1 Å². The van der Waals surface area contributed by atoms with Crippen LogP contribution in [0.5, 0.6) is 0 Å². The second-order valence-electron chi connectivity index (χ2n) is 2.28. The summed E-state index contributed by atoms with van der Waals surface area (Å²) in [7, 11) is 1.61. The molecule has 0 spiro atoms. The van der Waals surface area contributed by atoms with Crippen molar-refractivity contribution in [2.75, 3.05) is 13.7 Å². The molecule has 1 atom stereocenters. The number of hydrogen-bond donors (Lipinski definition) is 0. The summed E-state index contributed by atoms with van der Waals surface area (Å²) < 4.78 is 4.91. The van der Waals surface area contributed by atoms with Crippen LogP contribution < -0.4 is 0 Å². The van der Waals surface area contributed by atoms with Crippen LogP contribution in [0.4, 0.5) is 0 Å². The molecule has 0 aliphatic heterocycles. The first-order valence-electron chi connectivity index (χ1n) is 2.99. The zero-order valence-electron chi connectivity index (χ0n) is 5.09. The van der Waals surface area contributed by atoms with Gasteiger partial charge in [-0.05, 0) is 18.8 Å². The molecular weight excluding hydrogens is 104 g/mol. The van der Waals surface area contributed by atoms with Gasteiger partial charge in [-0.25, -0.2) is 5.11 Å². The predicted octanol–water partition coefficient (Wildman–Crippen LogP) is 0.842. The van der Waals surface area contributed by atoms with E-state index in [0.29, 0.717) is 5.92 Å². The summed E-state index contributed by atoms with van der Waals surface area (Å²) in [4.78, 5) is 0. The Hall–Kier alpha value is -0.0800. The molecule has 1 fully saturated rings. The molecule has 1 aliphatic carbocycles. The molecule has 0 aromatic rings. The average Bonchev–Trinajstić information content (AvgIpc) is 2.53. The highest BCUT2D eigenvalue weighted by Gasteiger charge is 2.30. The molecule has 1 rings (SSSR count). The third kappa shape index (κ3) is 1.20. The lowest BCUT2D eigenvalue weighted by Gasteiger charge is -2.07. The maximum absolute atomic E-state index is 10.2. The number of methoxy groups -OCH3 is 1. The molecule has 2 heteroatoms. The van der Waals surface area contributed by atoms with Crippen LogP contribution >= 0.6 is 0 Å². The van der Waals surface area contributed by atoms with Crippen molar-refractivity contribution in [3.05, 3.63) is 0 Å². The van der Waals surface area contributed by atoms with Crippen molar-refractivity contribution in [2.45, 2.75) is 18.9 Å². The fraction of sp³-hybridized carbons (Fsp3) is 1.00. The van der Waals surface area contributed by atoms with Gasteiger partial charge in [0.1, 0.15) is 6.61 Å². The average molecular weight is 115 g/mol. The zero-order valence-corrected chi connectivity index (χ0v) is 5.09. The van der Waals surface area contributed by atoms with E-state index in [4.69, 9.17) is 4.74 Å². The lowest BCUT2D eigenvalue weighted by Crippen LogP contribution is -2.16. The SMILES string of the molecule is COC(C[O])C1CC1. The maximum Gasteiger partial charge on any atom is 0.109 e. The highest BCUT2D eigenvalue weighted by Crippen LogP contribution is 2.33. The number of hydrogen-bond acceptors (Lipinski definition) is 1. The van der Waals surface area contributed by atoms with Gasteiger partial charge < -0.3 is 4.74 Å². The van der Waals surface area contributed by atoms with Crippen LogP contribution in [0.25, 0.3) is 0 Å². The van der Waals surface area contributed by atoms with Gasteiger partial charge in [0.2, 0.25) is 0 Å². The van der Waals surface area contributed by atoms with E-state index in [1.165, 1.54) is 12.8 Å². The van der Waals surface area contributed by atoms with E-state index in [2.05, 4.69) is 0 Å². The molecule has 1 unspecified atom stereocenters. The van der Waals surface area contributed by atoms with Gasteiger partial charge in [0, 0.05) is 7.11 Å². The fourth-order valence-electron chi connectivity index (χ4n) is 0.865. The van der Waals surface area contributed by atoms with Crippen molar-refractivity contribution in [1.29, 1.82) is 0 Å². The Bertz CT molecular complexity index is 64.9. The Morgan fingerprint density at radius 3 is 2.50 bits per heavy atom. The Balaban J connectivity index is 2.15. The van der Waals surface area contributed by atoms with Gasteiger partial charge in [0.15, 0.2) is 0 Å². The molecule has 0 amide bonds. The Morgan fingerprint density at radius 2 is 2.38 bits per heavy atom. The van der Waals surface area contributed by atoms with Crippen LogP contribution in [0.2, 0.25) is 0 Å². The first-order chi connectivity index (χ1) is 3.88. The zero-order chi connectivity index (χ0) is 5.98. The van der Waals surface area contributed by atoms with Crippen LogP contribution in [0.1, 0.15) is 12.8 Å². The summed E-state index contributed by atoms with van der Waals surface area (Å²) in [5, 5.41) is 10.2. The molecule has 1 saturated carbocycles. The van der Waals surface area contributed by atoms with Gasteiger partial charge in [-0.3, -0.25) is 0 Å². The third-order valence-corrected chi connectivity index (χ3v) is 1.61. The van der Waals surface area contributed by atoms with Gasteiger partial charge in [-0.15, -0.1) is 0 Å². The normalized spacial score (nSPS) is 23.2. The highest BCUT2D eigenvalue weighted by atomic mass is 16.5. The molecule has 47 valence electrons. The fourth-order valence-corrected chi connectivity index (χ4v) is 0.865. The van der Waals surface area contributed by atoms with Crippen LogP contribution in [-0.2, 0) is 9.84 Å². The second-order valence-corrected chi connectivity index (χ2v) is 2.28. The lowest BCUT2D eigenvalue weighted by molar-refractivity contribution is 0.00746. The van der Waals surface area contributed by atoms with E-state index in [0.717, 1.165) is 0 Å². The molecular formula is C6H11O2. The largest absolute Gasteiger partial charge is 0.379 e. The van der Waals surface area contributed by atoms with Crippen molar-refractivity contribution in [3.8, 4) is 0 Å². The third-order valence-electron chi connectivity index (χ3n) is 1.61. The summed E-state index contributed by atoms with van der Waals surface area (Å²) in [6.07, 6.45) is 2.40. The van der Waals surface area contributed by atoms with Gasteiger partial charge in [-0.1, -0.05) is 0 Å². The summed E-state index contributed by atoms with van der Waals surface area (Å²) in [5.41, 5.74) is 0. The molecule has 0 aromatic heterocycles. The minimum Gasteiger partial charge on any atom is -0.379 e. The van der Waals surface area contributed by atoms with E-state index in [9.17, 15) is 5.11 Å².